The van der Waals surface area contributed by atoms with E-state index in [1.807, 2.05) is 48.5 Å². The zero-order chi connectivity index (χ0) is 17.8. The molecule has 26 heavy (non-hydrogen) atoms. The minimum Gasteiger partial charge on any atom is -0.454 e. The third kappa shape index (κ3) is 3.60. The van der Waals surface area contributed by atoms with Crippen LogP contribution < -0.4 is 31.4 Å². The highest BCUT2D eigenvalue weighted by Gasteiger charge is 2.13. The molecule has 1 aromatic heterocycles. The molecule has 8 nitrogen and oxygen atoms in total. The summed E-state index contributed by atoms with van der Waals surface area (Å²) in [7, 11) is 0. The monoisotopic (exact) mass is 350 g/mol. The van der Waals surface area contributed by atoms with E-state index in [0.29, 0.717) is 24.1 Å². The molecule has 0 spiro atoms. The van der Waals surface area contributed by atoms with Crippen molar-refractivity contribution in [2.24, 2.45) is 5.84 Å². The predicted molar refractivity (Wildman–Crippen MR) is 99.5 cm³/mol. The Bertz CT molecular complexity index is 903. The molecule has 4 rings (SSSR count). The molecule has 0 aliphatic carbocycles. The van der Waals surface area contributed by atoms with Gasteiger partial charge in [-0.2, -0.15) is 9.97 Å². The van der Waals surface area contributed by atoms with Gasteiger partial charge in [-0.15, -0.1) is 0 Å². The Kier molecular flexibility index (Phi) is 4.40. The van der Waals surface area contributed by atoms with E-state index < -0.39 is 0 Å². The van der Waals surface area contributed by atoms with Gasteiger partial charge < -0.3 is 25.5 Å². The van der Waals surface area contributed by atoms with Gasteiger partial charge in [-0.1, -0.05) is 24.3 Å². The molecule has 2 heterocycles. The minimum absolute atomic E-state index is 0.262. The van der Waals surface area contributed by atoms with Gasteiger partial charge in [-0.05, 0) is 29.8 Å². The van der Waals surface area contributed by atoms with Crippen LogP contribution >= 0.6 is 0 Å². The molecule has 5 N–H and O–H groups in total. The average molecular weight is 350 g/mol. The first-order valence-corrected chi connectivity index (χ1v) is 8.10. The third-order valence-corrected chi connectivity index (χ3v) is 3.81. The number of hydrogen-bond donors (Lipinski definition) is 4. The van der Waals surface area contributed by atoms with Crippen LogP contribution in [0.4, 0.5) is 23.3 Å². The molecule has 1 aliphatic rings. The van der Waals surface area contributed by atoms with Crippen molar-refractivity contribution in [3.63, 3.8) is 0 Å². The molecular weight excluding hydrogens is 332 g/mol. The Labute approximate surface area is 150 Å². The molecule has 0 radical (unpaired) electrons. The number of nitrogen functional groups attached to an aromatic ring is 1. The lowest BCUT2D eigenvalue weighted by Crippen LogP contribution is -2.12. The summed E-state index contributed by atoms with van der Waals surface area (Å²) in [5.41, 5.74) is 4.50. The Morgan fingerprint density at radius 3 is 2.58 bits per heavy atom. The second-order valence-electron chi connectivity index (χ2n) is 5.64. The van der Waals surface area contributed by atoms with Gasteiger partial charge in [-0.25, -0.2) is 5.84 Å². The van der Waals surface area contributed by atoms with Crippen LogP contribution in [0, 0.1) is 0 Å². The van der Waals surface area contributed by atoms with Crippen molar-refractivity contribution >= 4 is 23.3 Å². The van der Waals surface area contributed by atoms with E-state index in [0.717, 1.165) is 22.7 Å². The van der Waals surface area contributed by atoms with Crippen molar-refractivity contribution in [1.29, 1.82) is 0 Å². The molecule has 0 amide bonds. The number of hydrazine groups is 1. The quantitative estimate of drug-likeness (QED) is 0.397. The van der Waals surface area contributed by atoms with Crippen molar-refractivity contribution in [3.05, 3.63) is 60.2 Å². The zero-order valence-electron chi connectivity index (χ0n) is 13.9. The molecule has 1 aliphatic heterocycles. The summed E-state index contributed by atoms with van der Waals surface area (Å²) >= 11 is 0. The fraction of sp³-hybridized carbons (Fsp3) is 0.111. The molecule has 3 aromatic rings. The van der Waals surface area contributed by atoms with Gasteiger partial charge >= 0.3 is 0 Å². The van der Waals surface area contributed by atoms with E-state index in [-0.39, 0.29) is 6.79 Å². The maximum Gasteiger partial charge on any atom is 0.231 e. The average Bonchev–Trinajstić information content (AvgIpc) is 3.15. The van der Waals surface area contributed by atoms with Crippen molar-refractivity contribution in [3.8, 4) is 11.5 Å². The number of rotatable bonds is 6. The minimum atomic E-state index is 0.262. The first-order chi connectivity index (χ1) is 12.8. The first kappa shape index (κ1) is 16.0. The number of ether oxygens (including phenoxy) is 2. The van der Waals surface area contributed by atoms with Gasteiger partial charge in [0.25, 0.3) is 0 Å². The van der Waals surface area contributed by atoms with Crippen molar-refractivity contribution in [2.75, 3.05) is 22.9 Å². The highest BCUT2D eigenvalue weighted by molar-refractivity contribution is 5.58. The number of nitrogens with one attached hydrogen (secondary N) is 3. The van der Waals surface area contributed by atoms with E-state index in [1.165, 1.54) is 0 Å². The summed E-state index contributed by atoms with van der Waals surface area (Å²) < 4.78 is 10.7. The van der Waals surface area contributed by atoms with E-state index >= 15 is 0 Å². The van der Waals surface area contributed by atoms with Gasteiger partial charge in [0.15, 0.2) is 11.5 Å². The Hall–Kier alpha value is -3.52. The maximum atomic E-state index is 5.52. The van der Waals surface area contributed by atoms with E-state index in [4.69, 9.17) is 15.3 Å². The zero-order valence-corrected chi connectivity index (χ0v) is 13.9. The summed E-state index contributed by atoms with van der Waals surface area (Å²) in [5, 5.41) is 6.43. The van der Waals surface area contributed by atoms with E-state index in [9.17, 15) is 0 Å². The molecule has 0 saturated heterocycles. The van der Waals surface area contributed by atoms with Gasteiger partial charge in [0.05, 0.1) is 0 Å². The second kappa shape index (κ2) is 7.16. The highest BCUT2D eigenvalue weighted by Crippen LogP contribution is 2.32. The predicted octanol–water partition coefficient (Wildman–Crippen LogP) is 2.85. The van der Waals surface area contributed by atoms with Gasteiger partial charge in [0, 0.05) is 18.3 Å². The number of benzene rings is 2. The van der Waals surface area contributed by atoms with Crippen LogP contribution in [-0.2, 0) is 6.54 Å². The van der Waals surface area contributed by atoms with Crippen LogP contribution in [0.5, 0.6) is 11.5 Å². The van der Waals surface area contributed by atoms with E-state index in [2.05, 4.69) is 26.0 Å². The summed E-state index contributed by atoms with van der Waals surface area (Å²) in [5.74, 6) is 8.63. The number of aromatic nitrogens is 2. The number of hydrogen-bond acceptors (Lipinski definition) is 8. The van der Waals surface area contributed by atoms with Crippen LogP contribution in [0.25, 0.3) is 0 Å². The molecule has 2 aromatic carbocycles. The second-order valence-corrected chi connectivity index (χ2v) is 5.64. The van der Waals surface area contributed by atoms with Crippen molar-refractivity contribution < 1.29 is 9.47 Å². The Morgan fingerprint density at radius 2 is 1.73 bits per heavy atom. The van der Waals surface area contributed by atoms with Crippen LogP contribution in [0.15, 0.2) is 54.6 Å². The summed E-state index contributed by atoms with van der Waals surface area (Å²) in [4.78, 5) is 8.79. The third-order valence-electron chi connectivity index (χ3n) is 3.81. The molecular formula is C18H18N6O2. The molecule has 132 valence electrons. The Morgan fingerprint density at radius 1 is 0.923 bits per heavy atom. The number of fused-ring (bicyclic) bond motifs is 1. The highest BCUT2D eigenvalue weighted by atomic mass is 16.7. The normalized spacial score (nSPS) is 11.9. The van der Waals surface area contributed by atoms with Crippen molar-refractivity contribution in [1.82, 2.24) is 9.97 Å². The van der Waals surface area contributed by atoms with Crippen LogP contribution in [-0.4, -0.2) is 16.8 Å². The molecule has 0 fully saturated rings. The van der Waals surface area contributed by atoms with Crippen LogP contribution in [0.3, 0.4) is 0 Å². The topological polar surface area (TPSA) is 106 Å². The fourth-order valence-electron chi connectivity index (χ4n) is 2.56. The molecule has 0 unspecified atom stereocenters. The number of nitrogens with two attached hydrogens (primary N) is 1. The molecule has 8 heteroatoms. The summed E-state index contributed by atoms with van der Waals surface area (Å²) in [6.45, 7) is 0.834. The van der Waals surface area contributed by atoms with Gasteiger partial charge in [0.2, 0.25) is 12.7 Å². The van der Waals surface area contributed by atoms with Crippen molar-refractivity contribution in [2.45, 2.75) is 6.54 Å². The lowest BCUT2D eigenvalue weighted by molar-refractivity contribution is 0.174. The van der Waals surface area contributed by atoms with Crippen LogP contribution in [0.2, 0.25) is 0 Å². The Balaban J connectivity index is 1.49. The van der Waals surface area contributed by atoms with Gasteiger partial charge in [-0.3, -0.25) is 0 Å². The molecule has 0 atom stereocenters. The number of nitrogens with zero attached hydrogens (tertiary/aromatic N) is 2. The SMILES string of the molecule is NNc1cc(NCc2ccc3c(c2)OCO3)nc(Nc2ccccc2)n1. The summed E-state index contributed by atoms with van der Waals surface area (Å²) in [6.07, 6.45) is 0. The van der Waals surface area contributed by atoms with Gasteiger partial charge in [0.1, 0.15) is 11.6 Å². The smallest absolute Gasteiger partial charge is 0.231 e. The van der Waals surface area contributed by atoms with E-state index in [1.54, 1.807) is 6.07 Å². The summed E-state index contributed by atoms with van der Waals surface area (Å²) in [6, 6.07) is 17.3. The largest absolute Gasteiger partial charge is 0.454 e. The molecule has 0 bridgehead atoms. The molecule has 0 saturated carbocycles. The lowest BCUT2D eigenvalue weighted by Gasteiger charge is -2.11. The lowest BCUT2D eigenvalue weighted by atomic mass is 10.2. The first-order valence-electron chi connectivity index (χ1n) is 8.10. The van der Waals surface area contributed by atoms with Crippen LogP contribution in [0.1, 0.15) is 5.56 Å². The number of anilines is 4. The number of para-hydroxylation sites is 1. The maximum absolute atomic E-state index is 5.52. The fourth-order valence-corrected chi connectivity index (χ4v) is 2.56. The standard InChI is InChI=1S/C18H18N6O2/c19-24-17-9-16(22-18(23-17)21-13-4-2-1-3-5-13)20-10-12-6-7-14-15(8-12)26-11-25-14/h1-9H,10-11,19H2,(H3,20,21,22,23,24).